The number of aromatic nitrogens is 2. The van der Waals surface area contributed by atoms with Crippen LogP contribution in [0.3, 0.4) is 0 Å². The third-order valence-electron chi connectivity index (χ3n) is 4.02. The minimum absolute atomic E-state index is 0.140. The molecule has 26 heavy (non-hydrogen) atoms. The standard InChI is InChI=1S/C19H17N3O4/c1-12-2-5-14(6-3-12)19-21-18(26-22-19)10-20-17(23)9-13-4-7-15-16(8-13)25-11-24-15/h2-8H,9-11H2,1H3,(H,20,23). The van der Waals surface area contributed by atoms with Crippen LogP contribution in [0.1, 0.15) is 17.0 Å². The van der Waals surface area contributed by atoms with E-state index in [4.69, 9.17) is 14.0 Å². The molecule has 3 aromatic rings. The molecule has 132 valence electrons. The van der Waals surface area contributed by atoms with Crippen LogP contribution in [-0.2, 0) is 17.8 Å². The van der Waals surface area contributed by atoms with E-state index in [2.05, 4.69) is 15.5 Å². The number of fused-ring (bicyclic) bond motifs is 1. The number of nitrogens with one attached hydrogen (secondary N) is 1. The molecule has 0 unspecified atom stereocenters. The Morgan fingerprint density at radius 3 is 2.77 bits per heavy atom. The summed E-state index contributed by atoms with van der Waals surface area (Å²) in [6.45, 7) is 2.41. The van der Waals surface area contributed by atoms with Crippen LogP contribution in [0.25, 0.3) is 11.4 Å². The number of rotatable bonds is 5. The molecular formula is C19H17N3O4. The van der Waals surface area contributed by atoms with Crippen molar-refractivity contribution in [1.82, 2.24) is 15.5 Å². The fourth-order valence-corrected chi connectivity index (χ4v) is 2.62. The molecule has 1 aromatic heterocycles. The molecular weight excluding hydrogens is 334 g/mol. The number of ether oxygens (including phenoxy) is 2. The summed E-state index contributed by atoms with van der Waals surface area (Å²) in [6.07, 6.45) is 0.232. The van der Waals surface area contributed by atoms with Crippen molar-refractivity contribution in [2.45, 2.75) is 19.9 Å². The van der Waals surface area contributed by atoms with Gasteiger partial charge < -0.3 is 19.3 Å². The summed E-state index contributed by atoms with van der Waals surface area (Å²) in [7, 11) is 0. The topological polar surface area (TPSA) is 86.5 Å². The molecule has 1 aliphatic heterocycles. The maximum atomic E-state index is 12.1. The van der Waals surface area contributed by atoms with Gasteiger partial charge in [-0.3, -0.25) is 4.79 Å². The summed E-state index contributed by atoms with van der Waals surface area (Å²) in [5.74, 6) is 2.09. The van der Waals surface area contributed by atoms with Gasteiger partial charge in [0.05, 0.1) is 13.0 Å². The Morgan fingerprint density at radius 1 is 1.12 bits per heavy atom. The van der Waals surface area contributed by atoms with E-state index < -0.39 is 0 Å². The van der Waals surface area contributed by atoms with Crippen LogP contribution < -0.4 is 14.8 Å². The Bertz CT molecular complexity index is 934. The monoisotopic (exact) mass is 351 g/mol. The summed E-state index contributed by atoms with van der Waals surface area (Å²) < 4.78 is 15.8. The van der Waals surface area contributed by atoms with Crippen LogP contribution in [0.5, 0.6) is 11.5 Å². The lowest BCUT2D eigenvalue weighted by Gasteiger charge is -2.04. The zero-order valence-corrected chi connectivity index (χ0v) is 14.2. The van der Waals surface area contributed by atoms with Crippen molar-refractivity contribution in [3.8, 4) is 22.9 Å². The molecule has 0 spiro atoms. The van der Waals surface area contributed by atoms with Gasteiger partial charge in [-0.1, -0.05) is 41.1 Å². The average Bonchev–Trinajstić information content (AvgIpc) is 3.29. The highest BCUT2D eigenvalue weighted by Gasteiger charge is 2.15. The molecule has 0 fully saturated rings. The first-order valence-electron chi connectivity index (χ1n) is 8.22. The molecule has 2 heterocycles. The van der Waals surface area contributed by atoms with Gasteiger partial charge in [0.25, 0.3) is 0 Å². The van der Waals surface area contributed by atoms with E-state index >= 15 is 0 Å². The van der Waals surface area contributed by atoms with Crippen molar-refractivity contribution >= 4 is 5.91 Å². The van der Waals surface area contributed by atoms with E-state index in [1.54, 1.807) is 6.07 Å². The van der Waals surface area contributed by atoms with Crippen molar-refractivity contribution in [1.29, 1.82) is 0 Å². The van der Waals surface area contributed by atoms with Crippen molar-refractivity contribution in [2.75, 3.05) is 6.79 Å². The lowest BCUT2D eigenvalue weighted by Crippen LogP contribution is -2.24. The second kappa shape index (κ2) is 6.87. The summed E-state index contributed by atoms with van der Waals surface area (Å²) in [5, 5.41) is 6.73. The normalized spacial score (nSPS) is 12.2. The van der Waals surface area contributed by atoms with Gasteiger partial charge in [-0.2, -0.15) is 4.98 Å². The van der Waals surface area contributed by atoms with Gasteiger partial charge in [0.2, 0.25) is 24.4 Å². The van der Waals surface area contributed by atoms with Gasteiger partial charge in [0.15, 0.2) is 11.5 Å². The Morgan fingerprint density at radius 2 is 1.92 bits per heavy atom. The molecule has 1 amide bonds. The molecule has 0 atom stereocenters. The van der Waals surface area contributed by atoms with Crippen LogP contribution in [0.4, 0.5) is 0 Å². The smallest absolute Gasteiger partial charge is 0.246 e. The molecule has 7 heteroatoms. The Balaban J connectivity index is 1.34. The molecule has 7 nitrogen and oxygen atoms in total. The summed E-state index contributed by atoms with van der Waals surface area (Å²) in [6, 6.07) is 13.3. The Hall–Kier alpha value is -3.35. The van der Waals surface area contributed by atoms with Gasteiger partial charge >= 0.3 is 0 Å². The number of amides is 1. The number of benzene rings is 2. The van der Waals surface area contributed by atoms with Gasteiger partial charge in [-0.05, 0) is 24.6 Å². The Kier molecular flexibility index (Phi) is 4.27. The van der Waals surface area contributed by atoms with Crippen molar-refractivity contribution < 1.29 is 18.8 Å². The van der Waals surface area contributed by atoms with Gasteiger partial charge in [0.1, 0.15) is 0 Å². The number of hydrogen-bond donors (Lipinski definition) is 1. The average molecular weight is 351 g/mol. The van der Waals surface area contributed by atoms with Gasteiger partial charge in [0, 0.05) is 5.56 Å². The fraction of sp³-hybridized carbons (Fsp3) is 0.211. The molecule has 1 N–H and O–H groups in total. The second-order valence-electron chi connectivity index (χ2n) is 6.02. The van der Waals surface area contributed by atoms with Crippen molar-refractivity contribution in [3.63, 3.8) is 0 Å². The highest BCUT2D eigenvalue weighted by atomic mass is 16.7. The number of carbonyl (C=O) groups excluding carboxylic acids is 1. The Labute approximate surface area is 149 Å². The number of carbonyl (C=O) groups is 1. The number of hydrogen-bond acceptors (Lipinski definition) is 6. The third-order valence-corrected chi connectivity index (χ3v) is 4.02. The first-order chi connectivity index (χ1) is 12.7. The van der Waals surface area contributed by atoms with E-state index in [0.717, 1.165) is 16.7 Å². The van der Waals surface area contributed by atoms with Crippen molar-refractivity contribution in [3.05, 3.63) is 59.5 Å². The number of nitrogens with zero attached hydrogens (tertiary/aromatic N) is 2. The molecule has 2 aromatic carbocycles. The van der Waals surface area contributed by atoms with Crippen LogP contribution >= 0.6 is 0 Å². The predicted octanol–water partition coefficient (Wildman–Crippen LogP) is 2.63. The van der Waals surface area contributed by atoms with E-state index in [1.807, 2.05) is 43.3 Å². The van der Waals surface area contributed by atoms with Crippen LogP contribution in [-0.4, -0.2) is 22.8 Å². The maximum absolute atomic E-state index is 12.1. The molecule has 0 aliphatic carbocycles. The van der Waals surface area contributed by atoms with Crippen LogP contribution in [0.2, 0.25) is 0 Å². The third kappa shape index (κ3) is 3.51. The summed E-state index contributed by atoms with van der Waals surface area (Å²) >= 11 is 0. The second-order valence-corrected chi connectivity index (χ2v) is 6.02. The zero-order valence-electron chi connectivity index (χ0n) is 14.2. The van der Waals surface area contributed by atoms with E-state index in [-0.39, 0.29) is 25.7 Å². The first kappa shape index (κ1) is 16.1. The highest BCUT2D eigenvalue weighted by molar-refractivity contribution is 5.78. The summed E-state index contributed by atoms with van der Waals surface area (Å²) in [5.41, 5.74) is 2.88. The zero-order chi connectivity index (χ0) is 17.9. The first-order valence-corrected chi connectivity index (χ1v) is 8.22. The van der Waals surface area contributed by atoms with Crippen molar-refractivity contribution in [2.24, 2.45) is 0 Å². The SMILES string of the molecule is Cc1ccc(-c2noc(CNC(=O)Cc3ccc4c(c3)OCO4)n2)cc1. The highest BCUT2D eigenvalue weighted by Crippen LogP contribution is 2.32. The minimum atomic E-state index is -0.140. The molecule has 4 rings (SSSR count). The van der Waals surface area contributed by atoms with Crippen LogP contribution in [0.15, 0.2) is 47.0 Å². The minimum Gasteiger partial charge on any atom is -0.454 e. The largest absolute Gasteiger partial charge is 0.454 e. The van der Waals surface area contributed by atoms with Crippen LogP contribution in [0, 0.1) is 6.92 Å². The maximum Gasteiger partial charge on any atom is 0.246 e. The predicted molar refractivity (Wildman–Crippen MR) is 92.6 cm³/mol. The fourth-order valence-electron chi connectivity index (χ4n) is 2.62. The lowest BCUT2D eigenvalue weighted by molar-refractivity contribution is -0.120. The molecule has 0 radical (unpaired) electrons. The molecule has 0 bridgehead atoms. The lowest BCUT2D eigenvalue weighted by atomic mass is 10.1. The van der Waals surface area contributed by atoms with Gasteiger partial charge in [-0.25, -0.2) is 0 Å². The molecule has 1 aliphatic rings. The van der Waals surface area contributed by atoms with Gasteiger partial charge in [-0.15, -0.1) is 0 Å². The molecule has 0 saturated carbocycles. The van der Waals surface area contributed by atoms with E-state index in [0.29, 0.717) is 23.2 Å². The quantitative estimate of drug-likeness (QED) is 0.760. The van der Waals surface area contributed by atoms with E-state index in [9.17, 15) is 4.79 Å². The number of aryl methyl sites for hydroxylation is 1. The molecule has 0 saturated heterocycles. The van der Waals surface area contributed by atoms with E-state index in [1.165, 1.54) is 0 Å². The summed E-state index contributed by atoms with van der Waals surface area (Å²) in [4.78, 5) is 16.4.